The van der Waals surface area contributed by atoms with Gasteiger partial charge in [-0.3, -0.25) is 4.79 Å². The Hall–Kier alpha value is -2.29. The lowest BCUT2D eigenvalue weighted by atomic mass is 10.0. The number of pyridine rings is 1. The Morgan fingerprint density at radius 1 is 1.29 bits per heavy atom. The molecule has 0 saturated heterocycles. The molecule has 106 valence electrons. The van der Waals surface area contributed by atoms with Crippen LogP contribution in [0.3, 0.4) is 0 Å². The first-order valence-corrected chi connectivity index (χ1v) is 7.50. The highest BCUT2D eigenvalue weighted by atomic mass is 16.1. The van der Waals surface area contributed by atoms with Crippen LogP contribution in [0.4, 0.5) is 0 Å². The van der Waals surface area contributed by atoms with Crippen molar-refractivity contribution >= 4 is 10.9 Å². The lowest BCUT2D eigenvalue weighted by molar-refractivity contribution is 0.611. The number of rotatable bonds is 3. The number of aromatic amines is 1. The zero-order valence-corrected chi connectivity index (χ0v) is 12.1. The predicted molar refractivity (Wildman–Crippen MR) is 85.5 cm³/mol. The Balaban J connectivity index is 1.96. The summed E-state index contributed by atoms with van der Waals surface area (Å²) >= 11 is 0. The van der Waals surface area contributed by atoms with Crippen molar-refractivity contribution in [2.75, 3.05) is 0 Å². The average molecular weight is 278 g/mol. The third-order valence-electron chi connectivity index (χ3n) is 4.28. The van der Waals surface area contributed by atoms with Crippen LogP contribution in [0.25, 0.3) is 22.0 Å². The van der Waals surface area contributed by atoms with Gasteiger partial charge >= 0.3 is 0 Å². The summed E-state index contributed by atoms with van der Waals surface area (Å²) in [6.45, 7) is 2.94. The summed E-state index contributed by atoms with van der Waals surface area (Å²) < 4.78 is 1.88. The van der Waals surface area contributed by atoms with E-state index in [-0.39, 0.29) is 5.56 Å². The first kappa shape index (κ1) is 12.5. The van der Waals surface area contributed by atoms with Crippen LogP contribution in [0.5, 0.6) is 0 Å². The number of nitrogens with zero attached hydrogens (tertiary/aromatic N) is 1. The van der Waals surface area contributed by atoms with Crippen LogP contribution in [0.1, 0.15) is 18.4 Å². The van der Waals surface area contributed by atoms with Crippen LogP contribution in [-0.2, 0) is 6.54 Å². The fraction of sp³-hybridized carbons (Fsp3) is 0.278. The molecular weight excluding hydrogens is 260 g/mol. The summed E-state index contributed by atoms with van der Waals surface area (Å²) in [6, 6.07) is 10.4. The molecule has 4 rings (SSSR count). The minimum absolute atomic E-state index is 0.0957. The van der Waals surface area contributed by atoms with Gasteiger partial charge in [-0.25, -0.2) is 0 Å². The van der Waals surface area contributed by atoms with Crippen LogP contribution < -0.4 is 5.56 Å². The van der Waals surface area contributed by atoms with E-state index in [4.69, 9.17) is 0 Å². The van der Waals surface area contributed by atoms with Crippen molar-refractivity contribution < 1.29 is 0 Å². The van der Waals surface area contributed by atoms with Crippen LogP contribution in [0, 0.1) is 12.8 Å². The van der Waals surface area contributed by atoms with Crippen LogP contribution in [0.2, 0.25) is 0 Å². The van der Waals surface area contributed by atoms with Crippen LogP contribution in [0.15, 0.2) is 47.5 Å². The molecule has 1 aliphatic carbocycles. The molecule has 0 spiro atoms. The van der Waals surface area contributed by atoms with Gasteiger partial charge in [-0.15, -0.1) is 0 Å². The lowest BCUT2D eigenvalue weighted by Gasteiger charge is -2.10. The minimum Gasteiger partial charge on any atom is -0.357 e. The van der Waals surface area contributed by atoms with Gasteiger partial charge in [-0.2, -0.15) is 0 Å². The van der Waals surface area contributed by atoms with E-state index in [1.807, 2.05) is 23.0 Å². The number of hydrogen-bond acceptors (Lipinski definition) is 1. The largest absolute Gasteiger partial charge is 0.357 e. The zero-order chi connectivity index (χ0) is 14.4. The molecular formula is C18H18N2O. The van der Waals surface area contributed by atoms with Crippen molar-refractivity contribution in [3.05, 3.63) is 58.6 Å². The molecule has 0 atom stereocenters. The van der Waals surface area contributed by atoms with Crippen molar-refractivity contribution in [1.29, 1.82) is 0 Å². The summed E-state index contributed by atoms with van der Waals surface area (Å²) in [5.41, 5.74) is 4.35. The second-order valence-corrected chi connectivity index (χ2v) is 6.08. The smallest absolute Gasteiger partial charge is 0.274 e. The molecule has 21 heavy (non-hydrogen) atoms. The van der Waals surface area contributed by atoms with Gasteiger partial charge in [0.1, 0.15) is 5.52 Å². The third kappa shape index (κ3) is 2.19. The van der Waals surface area contributed by atoms with Gasteiger partial charge in [0.15, 0.2) is 0 Å². The predicted octanol–water partition coefficient (Wildman–Crippen LogP) is 3.72. The average Bonchev–Trinajstić information content (AvgIpc) is 3.15. The molecule has 1 aromatic carbocycles. The van der Waals surface area contributed by atoms with Gasteiger partial charge in [-0.05, 0) is 37.3 Å². The Labute approximate surface area is 123 Å². The Morgan fingerprint density at radius 2 is 2.14 bits per heavy atom. The zero-order valence-electron chi connectivity index (χ0n) is 12.1. The number of hydrogen-bond donors (Lipinski definition) is 1. The van der Waals surface area contributed by atoms with E-state index in [1.165, 1.54) is 24.0 Å². The topological polar surface area (TPSA) is 37.8 Å². The van der Waals surface area contributed by atoms with Crippen molar-refractivity contribution in [2.45, 2.75) is 26.3 Å². The summed E-state index contributed by atoms with van der Waals surface area (Å²) in [5.74, 6) is 0.681. The van der Waals surface area contributed by atoms with E-state index >= 15 is 0 Å². The number of nitrogens with one attached hydrogen (secondary N) is 1. The van der Waals surface area contributed by atoms with Gasteiger partial charge < -0.3 is 9.55 Å². The van der Waals surface area contributed by atoms with Crippen molar-refractivity contribution in [1.82, 2.24) is 9.55 Å². The molecule has 3 nitrogen and oxygen atoms in total. The molecule has 0 radical (unpaired) electrons. The van der Waals surface area contributed by atoms with E-state index in [2.05, 4.69) is 36.2 Å². The van der Waals surface area contributed by atoms with Crippen molar-refractivity contribution in [3.63, 3.8) is 0 Å². The number of H-pyrrole nitrogens is 1. The Bertz CT molecular complexity index is 868. The molecule has 0 amide bonds. The van der Waals surface area contributed by atoms with E-state index in [0.29, 0.717) is 5.92 Å². The second-order valence-electron chi connectivity index (χ2n) is 6.08. The molecule has 3 heteroatoms. The van der Waals surface area contributed by atoms with E-state index in [0.717, 1.165) is 23.0 Å². The van der Waals surface area contributed by atoms with Crippen LogP contribution >= 0.6 is 0 Å². The standard InChI is InChI=1S/C18H18N2O/c1-12-3-2-4-14(9-12)16-11-20(10-13-5-6-13)18(21)17-15(16)7-8-19-17/h2-4,7-9,11,13,19H,5-6,10H2,1H3. The fourth-order valence-electron chi connectivity index (χ4n) is 2.96. The number of benzene rings is 1. The summed E-state index contributed by atoms with van der Waals surface area (Å²) in [7, 11) is 0. The van der Waals surface area contributed by atoms with E-state index in [1.54, 1.807) is 0 Å². The Morgan fingerprint density at radius 3 is 2.90 bits per heavy atom. The van der Waals surface area contributed by atoms with Gasteiger partial charge in [0.25, 0.3) is 5.56 Å². The molecule has 2 heterocycles. The highest BCUT2D eigenvalue weighted by Gasteiger charge is 2.23. The molecule has 3 aromatic rings. The molecule has 1 fully saturated rings. The summed E-state index contributed by atoms with van der Waals surface area (Å²) in [6.07, 6.45) is 6.38. The monoisotopic (exact) mass is 278 g/mol. The summed E-state index contributed by atoms with van der Waals surface area (Å²) in [4.78, 5) is 15.6. The van der Waals surface area contributed by atoms with Crippen molar-refractivity contribution in [3.8, 4) is 11.1 Å². The lowest BCUT2D eigenvalue weighted by Crippen LogP contribution is -2.21. The van der Waals surface area contributed by atoms with E-state index < -0.39 is 0 Å². The maximum atomic E-state index is 12.5. The molecule has 0 unspecified atom stereocenters. The normalized spacial score (nSPS) is 14.7. The van der Waals surface area contributed by atoms with Gasteiger partial charge in [-0.1, -0.05) is 29.8 Å². The molecule has 1 N–H and O–H groups in total. The fourth-order valence-corrected chi connectivity index (χ4v) is 2.96. The van der Waals surface area contributed by atoms with E-state index in [9.17, 15) is 4.79 Å². The first-order valence-electron chi connectivity index (χ1n) is 7.50. The maximum absolute atomic E-state index is 12.5. The molecule has 0 aliphatic heterocycles. The molecule has 1 aliphatic rings. The first-order chi connectivity index (χ1) is 10.2. The van der Waals surface area contributed by atoms with Crippen LogP contribution in [-0.4, -0.2) is 9.55 Å². The third-order valence-corrected chi connectivity index (χ3v) is 4.28. The highest BCUT2D eigenvalue weighted by molar-refractivity contribution is 5.94. The quantitative estimate of drug-likeness (QED) is 0.779. The van der Waals surface area contributed by atoms with Gasteiger partial charge in [0.05, 0.1) is 0 Å². The number of fused-ring (bicyclic) bond motifs is 1. The number of aryl methyl sites for hydroxylation is 1. The van der Waals surface area contributed by atoms with Crippen molar-refractivity contribution in [2.24, 2.45) is 5.92 Å². The highest BCUT2D eigenvalue weighted by Crippen LogP contribution is 2.32. The number of aromatic nitrogens is 2. The van der Waals surface area contributed by atoms with Gasteiger partial charge in [0, 0.05) is 29.9 Å². The minimum atomic E-state index is 0.0957. The molecule has 2 aromatic heterocycles. The van der Waals surface area contributed by atoms with Gasteiger partial charge in [0.2, 0.25) is 0 Å². The Kier molecular flexibility index (Phi) is 2.74. The molecule has 1 saturated carbocycles. The summed E-state index contributed by atoms with van der Waals surface area (Å²) in [5, 5.41) is 1.01. The maximum Gasteiger partial charge on any atom is 0.274 e. The SMILES string of the molecule is Cc1cccc(-c2cn(CC3CC3)c(=O)c3[nH]ccc23)c1. The molecule has 0 bridgehead atoms. The second kappa shape index (κ2) is 4.62.